The van der Waals surface area contributed by atoms with E-state index in [4.69, 9.17) is 4.98 Å². The number of Topliss-reactive ketones (excluding diaryl/α,β-unsaturated/α-hetero) is 1. The highest BCUT2D eigenvalue weighted by molar-refractivity contribution is 6.04. The molecule has 6 rings (SSSR count). The van der Waals surface area contributed by atoms with Gasteiger partial charge < -0.3 is 10.3 Å². The second-order valence-corrected chi connectivity index (χ2v) is 9.78. The summed E-state index contributed by atoms with van der Waals surface area (Å²) in [6.45, 7) is 2.19. The van der Waals surface area contributed by atoms with Crippen molar-refractivity contribution in [1.29, 1.82) is 0 Å². The van der Waals surface area contributed by atoms with E-state index in [1.807, 2.05) is 24.7 Å². The molecule has 1 atom stereocenters. The van der Waals surface area contributed by atoms with Gasteiger partial charge in [0.1, 0.15) is 5.65 Å². The molecule has 2 aliphatic rings. The fourth-order valence-electron chi connectivity index (χ4n) is 5.23. The summed E-state index contributed by atoms with van der Waals surface area (Å²) in [6, 6.07) is 4.50. The first-order chi connectivity index (χ1) is 16.2. The Kier molecular flexibility index (Phi) is 5.12. The average Bonchev–Trinajstić information content (AvgIpc) is 3.55. The van der Waals surface area contributed by atoms with E-state index in [-0.39, 0.29) is 14.6 Å². The van der Waals surface area contributed by atoms with Crippen molar-refractivity contribution < 1.29 is 7.65 Å². The fourth-order valence-corrected chi connectivity index (χ4v) is 5.23. The van der Waals surface area contributed by atoms with Crippen LogP contribution in [-0.4, -0.2) is 36.4 Å². The van der Waals surface area contributed by atoms with Gasteiger partial charge in [0, 0.05) is 44.4 Å². The van der Waals surface area contributed by atoms with Gasteiger partial charge in [0.2, 0.25) is 5.95 Å². The number of nitrogens with zero attached hydrogens (tertiary/aromatic N) is 4. The Hall–Kier alpha value is -3.22. The second kappa shape index (κ2) is 8.28. The number of fused-ring (bicyclic) bond motifs is 2. The number of H-pyrrole nitrogens is 1. The third-order valence-electron chi connectivity index (χ3n) is 7.44. The van der Waals surface area contributed by atoms with Crippen LogP contribution in [0, 0.1) is 11.8 Å². The zero-order valence-electron chi connectivity index (χ0n) is 19.1. The quantitative estimate of drug-likeness (QED) is 0.275. The van der Waals surface area contributed by atoms with Crippen LogP contribution in [0.25, 0.3) is 27.7 Å². The summed E-state index contributed by atoms with van der Waals surface area (Å²) in [5, 5.41) is 8.86. The SMILES string of the molecule is C[C@@H](Nc1ncc2c(-c3ccn4ncc(C(=O)C5CCCCCC5)c4c3)c[nH]c2n1)C1CC1.[HH].[HH]. The molecule has 33 heavy (non-hydrogen) atoms. The molecule has 2 saturated carbocycles. The van der Waals surface area contributed by atoms with E-state index in [9.17, 15) is 4.79 Å². The lowest BCUT2D eigenvalue weighted by Crippen LogP contribution is -2.18. The summed E-state index contributed by atoms with van der Waals surface area (Å²) < 4.78 is 1.81. The van der Waals surface area contributed by atoms with Gasteiger partial charge in [-0.2, -0.15) is 10.1 Å². The maximum absolute atomic E-state index is 13.3. The minimum absolute atomic E-state index is 0. The number of pyridine rings is 1. The first-order valence-corrected chi connectivity index (χ1v) is 12.3. The van der Waals surface area contributed by atoms with E-state index >= 15 is 0 Å². The topological polar surface area (TPSA) is 88.0 Å². The molecule has 7 nitrogen and oxygen atoms in total. The van der Waals surface area contributed by atoms with Gasteiger partial charge in [-0.25, -0.2) is 9.50 Å². The summed E-state index contributed by atoms with van der Waals surface area (Å²) in [5.74, 6) is 1.76. The van der Waals surface area contributed by atoms with Crippen molar-refractivity contribution in [2.75, 3.05) is 5.32 Å². The number of aromatic amines is 1. The van der Waals surface area contributed by atoms with Crippen molar-refractivity contribution >= 4 is 28.3 Å². The van der Waals surface area contributed by atoms with Crippen LogP contribution in [0.15, 0.2) is 36.9 Å². The van der Waals surface area contributed by atoms with Gasteiger partial charge in [0.15, 0.2) is 5.78 Å². The molecule has 174 valence electrons. The number of anilines is 1. The standard InChI is InChI=1S/C26H30N6O.2H2/c1-16(17-8-9-17)30-26-28-14-21-20(13-27-25(21)31-26)19-10-11-32-23(12-19)22(15-29-32)24(33)18-6-4-2-3-5-7-18;;/h10-18H,2-9H2,1H3,(H2,27,28,30,31);2*1H/t16-;;/m1../s1. The van der Waals surface area contributed by atoms with Crippen molar-refractivity contribution in [3.63, 3.8) is 0 Å². The predicted molar refractivity (Wildman–Crippen MR) is 134 cm³/mol. The third kappa shape index (κ3) is 3.90. The Morgan fingerprint density at radius 1 is 1.18 bits per heavy atom. The van der Waals surface area contributed by atoms with E-state index < -0.39 is 0 Å². The Bertz CT molecular complexity index is 1320. The van der Waals surface area contributed by atoms with Crippen LogP contribution in [0.2, 0.25) is 0 Å². The highest BCUT2D eigenvalue weighted by Gasteiger charge is 2.28. The Morgan fingerprint density at radius 3 is 2.79 bits per heavy atom. The van der Waals surface area contributed by atoms with Crippen LogP contribution < -0.4 is 5.32 Å². The highest BCUT2D eigenvalue weighted by Crippen LogP contribution is 2.34. The second-order valence-electron chi connectivity index (χ2n) is 9.78. The van der Waals surface area contributed by atoms with E-state index in [1.165, 1.54) is 25.7 Å². The molecule has 0 amide bonds. The third-order valence-corrected chi connectivity index (χ3v) is 7.44. The minimum atomic E-state index is 0. The lowest BCUT2D eigenvalue weighted by molar-refractivity contribution is 0.0909. The molecule has 0 aromatic carbocycles. The molecule has 0 saturated heterocycles. The van der Waals surface area contributed by atoms with Gasteiger partial charge in [-0.05, 0) is 56.2 Å². The zero-order chi connectivity index (χ0) is 22.4. The van der Waals surface area contributed by atoms with Crippen molar-refractivity contribution in [3.8, 4) is 11.1 Å². The number of carbonyl (C=O) groups excluding carboxylic acids is 1. The maximum Gasteiger partial charge on any atom is 0.224 e. The molecule has 4 aromatic rings. The summed E-state index contributed by atoms with van der Waals surface area (Å²) in [7, 11) is 0. The smallest absolute Gasteiger partial charge is 0.224 e. The van der Waals surface area contributed by atoms with Gasteiger partial charge in [0.05, 0.1) is 17.3 Å². The molecule has 4 aromatic heterocycles. The van der Waals surface area contributed by atoms with Gasteiger partial charge >= 0.3 is 0 Å². The number of hydrogen-bond donors (Lipinski definition) is 2. The van der Waals surface area contributed by atoms with Crippen molar-refractivity contribution in [2.24, 2.45) is 11.8 Å². The number of aromatic nitrogens is 5. The van der Waals surface area contributed by atoms with Crippen molar-refractivity contribution in [1.82, 2.24) is 24.6 Å². The Morgan fingerprint density at radius 2 is 2.00 bits per heavy atom. The van der Waals surface area contributed by atoms with Crippen LogP contribution in [0.3, 0.4) is 0 Å². The lowest BCUT2D eigenvalue weighted by Gasteiger charge is -2.12. The number of ketones is 1. The van der Waals surface area contributed by atoms with Gasteiger partial charge in [-0.1, -0.05) is 25.7 Å². The fraction of sp³-hybridized carbons (Fsp3) is 0.462. The molecular formula is C26H34N6O. The van der Waals surface area contributed by atoms with Gasteiger partial charge in [0.25, 0.3) is 0 Å². The molecule has 0 radical (unpaired) electrons. The molecule has 2 aliphatic carbocycles. The summed E-state index contributed by atoms with van der Waals surface area (Å²) in [4.78, 5) is 25.9. The highest BCUT2D eigenvalue weighted by atomic mass is 16.1. The average molecular weight is 447 g/mol. The molecule has 2 N–H and O–H groups in total. The van der Waals surface area contributed by atoms with Gasteiger partial charge in [-0.15, -0.1) is 0 Å². The molecule has 4 heterocycles. The van der Waals surface area contributed by atoms with Crippen LogP contribution in [0.1, 0.15) is 71.5 Å². The summed E-state index contributed by atoms with van der Waals surface area (Å²) in [6.07, 6.45) is 16.8. The number of nitrogens with one attached hydrogen (secondary N) is 2. The van der Waals surface area contributed by atoms with Crippen LogP contribution in [0.5, 0.6) is 0 Å². The van der Waals surface area contributed by atoms with Crippen LogP contribution >= 0.6 is 0 Å². The normalized spacial score (nSPS) is 18.5. The van der Waals surface area contributed by atoms with Gasteiger partial charge in [-0.3, -0.25) is 4.79 Å². The first kappa shape index (κ1) is 20.4. The van der Waals surface area contributed by atoms with E-state index in [2.05, 4.69) is 33.4 Å². The lowest BCUT2D eigenvalue weighted by atomic mass is 9.91. The Labute approximate surface area is 196 Å². The first-order valence-electron chi connectivity index (χ1n) is 12.3. The van der Waals surface area contributed by atoms with E-state index in [0.717, 1.165) is 64.8 Å². The molecule has 0 unspecified atom stereocenters. The van der Waals surface area contributed by atoms with Crippen LogP contribution in [-0.2, 0) is 0 Å². The van der Waals surface area contributed by atoms with Crippen molar-refractivity contribution in [3.05, 3.63) is 42.5 Å². The molecule has 7 heteroatoms. The number of rotatable bonds is 6. The van der Waals surface area contributed by atoms with E-state index in [1.54, 1.807) is 10.7 Å². The molecule has 0 aliphatic heterocycles. The maximum atomic E-state index is 13.3. The molecule has 2 fully saturated rings. The van der Waals surface area contributed by atoms with Crippen molar-refractivity contribution in [2.45, 2.75) is 64.3 Å². The Balaban J connectivity index is 0.00000144. The number of carbonyl (C=O) groups is 1. The predicted octanol–water partition coefficient (Wildman–Crippen LogP) is 6.13. The number of hydrogen-bond acceptors (Lipinski definition) is 5. The monoisotopic (exact) mass is 446 g/mol. The summed E-state index contributed by atoms with van der Waals surface area (Å²) in [5.41, 5.74) is 4.48. The van der Waals surface area contributed by atoms with E-state index in [0.29, 0.717) is 12.0 Å². The molecule has 0 spiro atoms. The molecular weight excluding hydrogens is 412 g/mol. The minimum Gasteiger partial charge on any atom is -0.351 e. The summed E-state index contributed by atoms with van der Waals surface area (Å²) >= 11 is 0. The zero-order valence-corrected chi connectivity index (χ0v) is 19.1. The van der Waals surface area contributed by atoms with Crippen LogP contribution in [0.4, 0.5) is 5.95 Å². The largest absolute Gasteiger partial charge is 0.351 e. The molecule has 0 bridgehead atoms.